The summed E-state index contributed by atoms with van der Waals surface area (Å²) in [5, 5.41) is 7.50. The number of nitrogens with one attached hydrogen (secondary N) is 2. The van der Waals surface area contributed by atoms with E-state index in [2.05, 4.69) is 25.1 Å². The maximum atomic E-state index is 6.14. The molecule has 156 valence electrons. The highest BCUT2D eigenvalue weighted by Gasteiger charge is 2.18. The van der Waals surface area contributed by atoms with Gasteiger partial charge in [0.25, 0.3) is 0 Å². The zero-order valence-electron chi connectivity index (χ0n) is 16.6. The van der Waals surface area contributed by atoms with Gasteiger partial charge in [-0.2, -0.15) is 5.10 Å². The van der Waals surface area contributed by atoms with Crippen molar-refractivity contribution in [1.29, 1.82) is 0 Å². The summed E-state index contributed by atoms with van der Waals surface area (Å²) in [7, 11) is 1.61. The molecule has 10 heteroatoms. The van der Waals surface area contributed by atoms with Gasteiger partial charge in [-0.3, -0.25) is 10.1 Å². The lowest BCUT2D eigenvalue weighted by molar-refractivity contribution is 0.413. The molecule has 0 saturated carbocycles. The van der Waals surface area contributed by atoms with Crippen LogP contribution in [0.2, 0.25) is 4.34 Å². The molecule has 0 spiro atoms. The zero-order valence-corrected chi connectivity index (χ0v) is 18.2. The normalized spacial score (nSPS) is 11.4. The van der Waals surface area contributed by atoms with Gasteiger partial charge in [0.1, 0.15) is 16.8 Å². The first-order valence-corrected chi connectivity index (χ1v) is 10.8. The fourth-order valence-electron chi connectivity index (χ4n) is 3.58. The molecular formula is C22H14ClN7OS. The highest BCUT2D eigenvalue weighted by Crippen LogP contribution is 2.35. The molecule has 0 fully saturated rings. The zero-order chi connectivity index (χ0) is 21.7. The largest absolute Gasteiger partial charge is 0.495 e. The van der Waals surface area contributed by atoms with Crippen LogP contribution in [0.25, 0.3) is 55.4 Å². The number of aromatic amines is 2. The van der Waals surface area contributed by atoms with Gasteiger partial charge < -0.3 is 9.72 Å². The Morgan fingerprint density at radius 1 is 1.03 bits per heavy atom. The first-order chi connectivity index (χ1) is 15.7. The predicted molar refractivity (Wildman–Crippen MR) is 125 cm³/mol. The summed E-state index contributed by atoms with van der Waals surface area (Å²) >= 11 is 7.64. The Balaban J connectivity index is 1.49. The molecule has 6 aromatic heterocycles. The second-order valence-corrected chi connectivity index (χ2v) is 8.74. The highest BCUT2D eigenvalue weighted by atomic mass is 35.5. The van der Waals surface area contributed by atoms with Gasteiger partial charge in [0.2, 0.25) is 0 Å². The molecule has 0 aromatic carbocycles. The molecule has 0 saturated heterocycles. The summed E-state index contributed by atoms with van der Waals surface area (Å²) in [4.78, 5) is 22.6. The van der Waals surface area contributed by atoms with Crippen LogP contribution in [-0.4, -0.2) is 42.2 Å². The molecule has 6 aromatic rings. The molecule has 2 N–H and O–H groups in total. The number of nitrogens with zero attached hydrogens (tertiary/aromatic N) is 5. The first-order valence-electron chi connectivity index (χ1n) is 9.65. The smallest absolute Gasteiger partial charge is 0.162 e. The Hall–Kier alpha value is -3.82. The van der Waals surface area contributed by atoms with E-state index in [0.717, 1.165) is 37.1 Å². The van der Waals surface area contributed by atoms with Gasteiger partial charge in [-0.15, -0.1) is 11.3 Å². The van der Waals surface area contributed by atoms with Gasteiger partial charge in [0, 0.05) is 28.4 Å². The molecule has 0 aliphatic carbocycles. The predicted octanol–water partition coefficient (Wildman–Crippen LogP) is 5.35. The summed E-state index contributed by atoms with van der Waals surface area (Å²) in [6, 6.07) is 11.5. The van der Waals surface area contributed by atoms with E-state index < -0.39 is 0 Å². The Kier molecular flexibility index (Phi) is 4.37. The van der Waals surface area contributed by atoms with Crippen LogP contribution >= 0.6 is 22.9 Å². The van der Waals surface area contributed by atoms with Gasteiger partial charge in [-0.25, -0.2) is 15.0 Å². The monoisotopic (exact) mass is 459 g/mol. The van der Waals surface area contributed by atoms with Crippen molar-refractivity contribution in [1.82, 2.24) is 35.1 Å². The third-order valence-electron chi connectivity index (χ3n) is 5.10. The number of aromatic nitrogens is 7. The Morgan fingerprint density at radius 3 is 2.81 bits per heavy atom. The van der Waals surface area contributed by atoms with Crippen LogP contribution in [-0.2, 0) is 0 Å². The maximum Gasteiger partial charge on any atom is 0.162 e. The number of fused-ring (bicyclic) bond motifs is 2. The van der Waals surface area contributed by atoms with Crippen molar-refractivity contribution in [3.05, 3.63) is 59.3 Å². The van der Waals surface area contributed by atoms with E-state index in [-0.39, 0.29) is 0 Å². The minimum atomic E-state index is 0.585. The van der Waals surface area contributed by atoms with E-state index in [1.807, 2.05) is 36.4 Å². The number of ether oxygens (including phenoxy) is 1. The van der Waals surface area contributed by atoms with E-state index in [4.69, 9.17) is 26.3 Å². The van der Waals surface area contributed by atoms with E-state index >= 15 is 0 Å². The summed E-state index contributed by atoms with van der Waals surface area (Å²) in [5.41, 5.74) is 6.12. The lowest BCUT2D eigenvalue weighted by Gasteiger charge is -2.03. The number of halogens is 1. The van der Waals surface area contributed by atoms with Crippen LogP contribution in [0.1, 0.15) is 0 Å². The molecular weight excluding hydrogens is 446 g/mol. The standard InChI is InChI=1S/C22H14ClN7OS/c1-31-12-8-11(9-24-10-12)14-2-3-15-19(26-14)20(30-29-15)22-27-18-13(6-7-25-21(18)28-22)16-4-5-17(23)32-16/h2-10H,1H3,(H,29,30)(H,25,27,28). The van der Waals surface area contributed by atoms with Gasteiger partial charge in [-0.1, -0.05) is 11.6 Å². The molecule has 0 radical (unpaired) electrons. The van der Waals surface area contributed by atoms with E-state index in [1.54, 1.807) is 25.7 Å². The van der Waals surface area contributed by atoms with Crippen LogP contribution in [0.3, 0.4) is 0 Å². The minimum Gasteiger partial charge on any atom is -0.495 e. The SMILES string of the molecule is COc1cncc(-c2ccc3[nH]nc(-c4nc5c(-c6ccc(Cl)s6)ccnc5[nH]4)c3n2)c1. The van der Waals surface area contributed by atoms with Crippen LogP contribution in [0, 0.1) is 0 Å². The number of imidazole rings is 1. The van der Waals surface area contributed by atoms with E-state index in [9.17, 15) is 0 Å². The molecule has 0 bridgehead atoms. The third-order valence-corrected chi connectivity index (χ3v) is 6.36. The number of hydrogen-bond acceptors (Lipinski definition) is 7. The van der Waals surface area contributed by atoms with Crippen molar-refractivity contribution >= 4 is 45.1 Å². The van der Waals surface area contributed by atoms with Crippen LogP contribution in [0.4, 0.5) is 0 Å². The fraction of sp³-hybridized carbons (Fsp3) is 0.0455. The van der Waals surface area contributed by atoms with Gasteiger partial charge in [0.05, 0.1) is 28.9 Å². The molecule has 0 aliphatic rings. The number of rotatable bonds is 4. The number of H-pyrrole nitrogens is 2. The Bertz CT molecular complexity index is 1600. The second kappa shape index (κ2) is 7.40. The number of pyridine rings is 3. The molecule has 6 heterocycles. The molecule has 32 heavy (non-hydrogen) atoms. The molecule has 0 amide bonds. The van der Waals surface area contributed by atoms with Crippen molar-refractivity contribution in [3.63, 3.8) is 0 Å². The van der Waals surface area contributed by atoms with Gasteiger partial charge in [0.15, 0.2) is 17.2 Å². The summed E-state index contributed by atoms with van der Waals surface area (Å²) < 4.78 is 6.01. The lowest BCUT2D eigenvalue weighted by atomic mass is 10.1. The topological polar surface area (TPSA) is 105 Å². The molecule has 8 nitrogen and oxygen atoms in total. The van der Waals surface area contributed by atoms with E-state index in [1.165, 1.54) is 11.3 Å². The average Bonchev–Trinajstić information content (AvgIpc) is 3.55. The highest BCUT2D eigenvalue weighted by molar-refractivity contribution is 7.19. The maximum absolute atomic E-state index is 6.14. The number of methoxy groups -OCH3 is 1. The summed E-state index contributed by atoms with van der Waals surface area (Å²) in [6.45, 7) is 0. The molecule has 6 rings (SSSR count). The van der Waals surface area contributed by atoms with Crippen LogP contribution in [0.5, 0.6) is 5.75 Å². The van der Waals surface area contributed by atoms with Crippen LogP contribution < -0.4 is 4.74 Å². The summed E-state index contributed by atoms with van der Waals surface area (Å²) in [5.74, 6) is 1.25. The van der Waals surface area contributed by atoms with E-state index in [0.29, 0.717) is 28.4 Å². The first kappa shape index (κ1) is 18.9. The number of thiophene rings is 1. The second-order valence-electron chi connectivity index (χ2n) is 7.02. The van der Waals surface area contributed by atoms with Gasteiger partial charge >= 0.3 is 0 Å². The fourth-order valence-corrected chi connectivity index (χ4v) is 4.65. The van der Waals surface area contributed by atoms with Crippen molar-refractivity contribution in [2.75, 3.05) is 7.11 Å². The molecule has 0 unspecified atom stereocenters. The van der Waals surface area contributed by atoms with Crippen molar-refractivity contribution < 1.29 is 4.74 Å². The van der Waals surface area contributed by atoms with Crippen molar-refractivity contribution in [2.24, 2.45) is 0 Å². The molecule has 0 aliphatic heterocycles. The number of hydrogen-bond donors (Lipinski definition) is 2. The Labute approximate surface area is 190 Å². The van der Waals surface area contributed by atoms with Crippen molar-refractivity contribution in [3.8, 4) is 39.0 Å². The average molecular weight is 460 g/mol. The minimum absolute atomic E-state index is 0.585. The third kappa shape index (κ3) is 3.10. The molecule has 0 atom stereocenters. The lowest BCUT2D eigenvalue weighted by Crippen LogP contribution is -1.89. The van der Waals surface area contributed by atoms with Gasteiger partial charge in [-0.05, 0) is 36.4 Å². The van der Waals surface area contributed by atoms with Crippen molar-refractivity contribution in [2.45, 2.75) is 0 Å². The summed E-state index contributed by atoms with van der Waals surface area (Å²) in [6.07, 6.45) is 5.16. The Morgan fingerprint density at radius 2 is 1.97 bits per heavy atom. The quantitative estimate of drug-likeness (QED) is 0.368. The van der Waals surface area contributed by atoms with Crippen LogP contribution in [0.15, 0.2) is 55.0 Å².